The van der Waals surface area contributed by atoms with Gasteiger partial charge in [-0.1, -0.05) is 201 Å². The zero-order valence-electron chi connectivity index (χ0n) is 32.1. The molecule has 0 aromatic carbocycles. The summed E-state index contributed by atoms with van der Waals surface area (Å²) in [4.78, 5) is 24.2. The largest absolute Gasteiger partial charge is 0.462 e. The van der Waals surface area contributed by atoms with Gasteiger partial charge in [-0.3, -0.25) is 9.59 Å². The van der Waals surface area contributed by atoms with E-state index in [1.807, 2.05) is 0 Å². The Hall–Kier alpha value is -1.10. The highest BCUT2D eigenvalue weighted by Crippen LogP contribution is 2.17. The van der Waals surface area contributed by atoms with Gasteiger partial charge in [0.05, 0.1) is 6.61 Å². The highest BCUT2D eigenvalue weighted by molar-refractivity contribution is 5.70. The number of hydrogen-bond acceptors (Lipinski definition) is 5. The normalized spacial score (nSPS) is 12.2. The van der Waals surface area contributed by atoms with E-state index in [1.165, 1.54) is 154 Å². The molecule has 0 bridgehead atoms. The zero-order chi connectivity index (χ0) is 34.6. The minimum absolute atomic E-state index is 0.0586. The number of unbranched alkanes of at least 4 members (excludes halogenated alkanes) is 25. The molecule has 1 atom stereocenters. The molecular formula is C42H82O5. The minimum atomic E-state index is -0.763. The standard InChI is InChI=1S/C42H82O5/c1-38(2)32-28-24-20-16-13-11-9-7-5-6-8-10-12-14-18-22-26-30-34-41(44)46-37-40(36-43)47-42(45)35-31-27-23-19-15-17-21-25-29-33-39(3)4/h38-40,43H,5-37H2,1-4H3/t40-/m0/s1. The van der Waals surface area contributed by atoms with Gasteiger partial charge in [0.15, 0.2) is 6.10 Å². The van der Waals surface area contributed by atoms with E-state index >= 15 is 0 Å². The summed E-state index contributed by atoms with van der Waals surface area (Å²) in [6, 6.07) is 0. The highest BCUT2D eigenvalue weighted by Gasteiger charge is 2.16. The summed E-state index contributed by atoms with van der Waals surface area (Å²) in [5, 5.41) is 9.55. The fourth-order valence-corrected chi connectivity index (χ4v) is 6.34. The Labute approximate surface area is 293 Å². The number of carbonyl (C=O) groups is 2. The molecule has 0 fully saturated rings. The fourth-order valence-electron chi connectivity index (χ4n) is 6.34. The molecular weight excluding hydrogens is 584 g/mol. The van der Waals surface area contributed by atoms with Crippen LogP contribution >= 0.6 is 0 Å². The molecule has 0 aromatic heterocycles. The van der Waals surface area contributed by atoms with E-state index in [9.17, 15) is 14.7 Å². The van der Waals surface area contributed by atoms with E-state index in [-0.39, 0.29) is 25.2 Å². The maximum absolute atomic E-state index is 12.1. The van der Waals surface area contributed by atoms with Gasteiger partial charge < -0.3 is 14.6 Å². The molecule has 0 amide bonds. The molecule has 0 aromatic rings. The lowest BCUT2D eigenvalue weighted by molar-refractivity contribution is -0.161. The predicted octanol–water partition coefficient (Wildman–Crippen LogP) is 12.8. The van der Waals surface area contributed by atoms with Gasteiger partial charge in [0.2, 0.25) is 0 Å². The van der Waals surface area contributed by atoms with Gasteiger partial charge in [-0.15, -0.1) is 0 Å². The van der Waals surface area contributed by atoms with Crippen LogP contribution in [0.25, 0.3) is 0 Å². The van der Waals surface area contributed by atoms with Crippen molar-refractivity contribution in [3.63, 3.8) is 0 Å². The Balaban J connectivity index is 3.46. The first-order valence-corrected chi connectivity index (χ1v) is 20.8. The van der Waals surface area contributed by atoms with E-state index in [0.29, 0.717) is 12.8 Å². The van der Waals surface area contributed by atoms with Crippen LogP contribution in [0.15, 0.2) is 0 Å². The van der Waals surface area contributed by atoms with Crippen molar-refractivity contribution in [1.82, 2.24) is 0 Å². The Kier molecular flexibility index (Phi) is 35.3. The Morgan fingerprint density at radius 2 is 0.702 bits per heavy atom. The number of aliphatic hydroxyl groups excluding tert-OH is 1. The number of hydrogen-bond donors (Lipinski definition) is 1. The SMILES string of the molecule is CC(C)CCCCCCCCCCCCCCCCCCCCC(=O)OC[C@H](CO)OC(=O)CCCCCCCCCCCC(C)C. The number of esters is 2. The van der Waals surface area contributed by atoms with Gasteiger partial charge >= 0.3 is 11.9 Å². The lowest BCUT2D eigenvalue weighted by Crippen LogP contribution is -2.28. The summed E-state index contributed by atoms with van der Waals surface area (Å²) in [5.41, 5.74) is 0. The van der Waals surface area contributed by atoms with Gasteiger partial charge in [0.1, 0.15) is 6.61 Å². The van der Waals surface area contributed by atoms with Crippen molar-refractivity contribution in [1.29, 1.82) is 0 Å². The van der Waals surface area contributed by atoms with Crippen LogP contribution in [-0.2, 0) is 19.1 Å². The minimum Gasteiger partial charge on any atom is -0.462 e. The first-order valence-electron chi connectivity index (χ1n) is 20.8. The Morgan fingerprint density at radius 1 is 0.426 bits per heavy atom. The second-order valence-corrected chi connectivity index (χ2v) is 15.4. The molecule has 0 aliphatic rings. The molecule has 5 heteroatoms. The monoisotopic (exact) mass is 667 g/mol. The van der Waals surface area contributed by atoms with Crippen LogP contribution in [0.1, 0.15) is 227 Å². The second kappa shape index (κ2) is 36.2. The molecule has 0 saturated carbocycles. The molecule has 0 unspecified atom stereocenters. The van der Waals surface area contributed by atoms with Crippen LogP contribution < -0.4 is 0 Å². The van der Waals surface area contributed by atoms with Gasteiger partial charge in [0.25, 0.3) is 0 Å². The second-order valence-electron chi connectivity index (χ2n) is 15.4. The topological polar surface area (TPSA) is 72.8 Å². The van der Waals surface area contributed by atoms with Crippen molar-refractivity contribution < 1.29 is 24.2 Å². The average Bonchev–Trinajstić information content (AvgIpc) is 3.04. The third kappa shape index (κ3) is 37.6. The van der Waals surface area contributed by atoms with Gasteiger partial charge in [0, 0.05) is 12.8 Å². The van der Waals surface area contributed by atoms with Crippen molar-refractivity contribution in [2.45, 2.75) is 233 Å². The van der Waals surface area contributed by atoms with Crippen molar-refractivity contribution >= 4 is 11.9 Å². The Morgan fingerprint density at radius 3 is 1.00 bits per heavy atom. The summed E-state index contributed by atoms with van der Waals surface area (Å²) in [5.74, 6) is 1.10. The first-order chi connectivity index (χ1) is 22.8. The maximum atomic E-state index is 12.1. The molecule has 0 spiro atoms. The molecule has 0 radical (unpaired) electrons. The smallest absolute Gasteiger partial charge is 0.306 e. The number of carbonyl (C=O) groups excluding carboxylic acids is 2. The Bertz CT molecular complexity index is 661. The summed E-state index contributed by atoms with van der Waals surface area (Å²) < 4.78 is 10.6. The van der Waals surface area contributed by atoms with Crippen LogP contribution in [0, 0.1) is 11.8 Å². The number of aliphatic hydroxyl groups is 1. The quantitative estimate of drug-likeness (QED) is 0.0527. The van der Waals surface area contributed by atoms with Crippen LogP contribution in [0.5, 0.6) is 0 Å². The molecule has 0 aliphatic carbocycles. The van der Waals surface area contributed by atoms with Crippen molar-refractivity contribution in [2.75, 3.05) is 13.2 Å². The number of rotatable bonds is 37. The van der Waals surface area contributed by atoms with Gasteiger partial charge in [-0.05, 0) is 24.7 Å². The molecule has 1 N–H and O–H groups in total. The molecule has 5 nitrogen and oxygen atoms in total. The number of ether oxygens (including phenoxy) is 2. The van der Waals surface area contributed by atoms with Crippen molar-refractivity contribution in [3.8, 4) is 0 Å². The summed E-state index contributed by atoms with van der Waals surface area (Å²) in [6.07, 6.45) is 37.5. The summed E-state index contributed by atoms with van der Waals surface area (Å²) >= 11 is 0. The summed E-state index contributed by atoms with van der Waals surface area (Å²) in [7, 11) is 0. The third-order valence-electron chi connectivity index (χ3n) is 9.51. The van der Waals surface area contributed by atoms with E-state index in [0.717, 1.165) is 43.9 Å². The van der Waals surface area contributed by atoms with E-state index in [4.69, 9.17) is 9.47 Å². The van der Waals surface area contributed by atoms with Crippen LogP contribution in [0.4, 0.5) is 0 Å². The van der Waals surface area contributed by atoms with Gasteiger partial charge in [-0.25, -0.2) is 0 Å². The fraction of sp³-hybridized carbons (Fsp3) is 0.952. The molecule has 0 heterocycles. The molecule has 0 rings (SSSR count). The highest BCUT2D eigenvalue weighted by atomic mass is 16.6. The predicted molar refractivity (Wildman–Crippen MR) is 201 cm³/mol. The van der Waals surface area contributed by atoms with Crippen LogP contribution in [-0.4, -0.2) is 36.4 Å². The van der Waals surface area contributed by atoms with Crippen LogP contribution in [0.3, 0.4) is 0 Å². The molecule has 47 heavy (non-hydrogen) atoms. The van der Waals surface area contributed by atoms with E-state index in [2.05, 4.69) is 27.7 Å². The molecule has 0 saturated heterocycles. The average molecular weight is 667 g/mol. The van der Waals surface area contributed by atoms with Crippen molar-refractivity contribution in [2.24, 2.45) is 11.8 Å². The van der Waals surface area contributed by atoms with Gasteiger partial charge in [-0.2, -0.15) is 0 Å². The molecule has 0 aliphatic heterocycles. The first kappa shape index (κ1) is 45.9. The van der Waals surface area contributed by atoms with Crippen molar-refractivity contribution in [3.05, 3.63) is 0 Å². The lowest BCUT2D eigenvalue weighted by Gasteiger charge is -2.15. The van der Waals surface area contributed by atoms with E-state index < -0.39 is 6.10 Å². The zero-order valence-corrected chi connectivity index (χ0v) is 32.1. The van der Waals surface area contributed by atoms with Crippen LogP contribution in [0.2, 0.25) is 0 Å². The van der Waals surface area contributed by atoms with E-state index in [1.54, 1.807) is 0 Å². The maximum Gasteiger partial charge on any atom is 0.306 e. The summed E-state index contributed by atoms with van der Waals surface area (Å²) in [6.45, 7) is 8.85. The molecule has 280 valence electrons. The third-order valence-corrected chi connectivity index (χ3v) is 9.51. The lowest BCUT2D eigenvalue weighted by atomic mass is 10.0.